The van der Waals surface area contributed by atoms with Crippen molar-refractivity contribution in [1.82, 2.24) is 15.5 Å². The Morgan fingerprint density at radius 2 is 2.00 bits per heavy atom. The minimum absolute atomic E-state index is 0.0365. The number of fused-ring (bicyclic) bond motifs is 1. The van der Waals surface area contributed by atoms with Crippen molar-refractivity contribution in [2.24, 2.45) is 5.92 Å². The Morgan fingerprint density at radius 3 is 2.70 bits per heavy atom. The molecule has 1 saturated heterocycles. The van der Waals surface area contributed by atoms with Gasteiger partial charge >= 0.3 is 0 Å². The molecule has 0 unspecified atom stereocenters. The number of nitrogens with one attached hydrogen (secondary N) is 2. The number of rotatable bonds is 8. The van der Waals surface area contributed by atoms with E-state index in [1.165, 1.54) is 7.11 Å². The van der Waals surface area contributed by atoms with Crippen LogP contribution in [0.3, 0.4) is 0 Å². The maximum atomic E-state index is 12.8. The molecule has 0 aromatic heterocycles. The maximum absolute atomic E-state index is 12.8. The third kappa shape index (κ3) is 5.10. The lowest BCUT2D eigenvalue weighted by Gasteiger charge is -2.35. The predicted octanol–water partition coefficient (Wildman–Crippen LogP) is 0.701. The van der Waals surface area contributed by atoms with Gasteiger partial charge in [0.2, 0.25) is 18.6 Å². The van der Waals surface area contributed by atoms with E-state index < -0.39 is 6.04 Å². The molecule has 2 N–H and O–H groups in total. The minimum atomic E-state index is -0.720. The first-order valence-electron chi connectivity index (χ1n) is 9.89. The van der Waals surface area contributed by atoms with Gasteiger partial charge in [0.15, 0.2) is 11.5 Å². The van der Waals surface area contributed by atoms with Crippen molar-refractivity contribution in [2.75, 3.05) is 40.1 Å². The molecule has 2 heterocycles. The van der Waals surface area contributed by atoms with Gasteiger partial charge in [-0.05, 0) is 37.0 Å². The zero-order valence-corrected chi connectivity index (χ0v) is 17.0. The molecule has 0 spiro atoms. The first-order valence-corrected chi connectivity index (χ1v) is 9.89. The van der Waals surface area contributed by atoms with Gasteiger partial charge in [-0.15, -0.1) is 6.58 Å². The fraction of sp³-hybridized carbons (Fsp3) is 0.476. The average molecular weight is 417 g/mol. The highest BCUT2D eigenvalue weighted by molar-refractivity contribution is 5.98. The number of amides is 3. The first kappa shape index (κ1) is 21.6. The summed E-state index contributed by atoms with van der Waals surface area (Å²) in [6, 6.07) is 4.18. The molecule has 0 saturated carbocycles. The number of methoxy groups -OCH3 is 1. The van der Waals surface area contributed by atoms with Crippen molar-refractivity contribution in [3.63, 3.8) is 0 Å². The Hall–Kier alpha value is -3.07. The Balaban J connectivity index is 1.68. The molecule has 3 rings (SSSR count). The van der Waals surface area contributed by atoms with E-state index >= 15 is 0 Å². The zero-order chi connectivity index (χ0) is 21.5. The van der Waals surface area contributed by atoms with Gasteiger partial charge in [-0.1, -0.05) is 6.08 Å². The van der Waals surface area contributed by atoms with E-state index in [1.54, 1.807) is 29.2 Å². The van der Waals surface area contributed by atoms with E-state index in [9.17, 15) is 14.4 Å². The van der Waals surface area contributed by atoms with Crippen LogP contribution >= 0.6 is 0 Å². The van der Waals surface area contributed by atoms with Crippen LogP contribution in [0.15, 0.2) is 30.9 Å². The van der Waals surface area contributed by atoms with Crippen LogP contribution in [0.2, 0.25) is 0 Å². The molecular weight excluding hydrogens is 390 g/mol. The predicted molar refractivity (Wildman–Crippen MR) is 108 cm³/mol. The van der Waals surface area contributed by atoms with Crippen molar-refractivity contribution in [3.05, 3.63) is 36.4 Å². The van der Waals surface area contributed by atoms with Gasteiger partial charge in [-0.25, -0.2) is 0 Å². The summed E-state index contributed by atoms with van der Waals surface area (Å²) in [5, 5.41) is 5.63. The molecule has 9 heteroatoms. The third-order valence-electron chi connectivity index (χ3n) is 5.26. The van der Waals surface area contributed by atoms with Gasteiger partial charge in [0.25, 0.3) is 5.91 Å². The molecule has 0 aliphatic carbocycles. The molecule has 162 valence electrons. The maximum Gasteiger partial charge on any atom is 0.252 e. The number of hydrogen-bond acceptors (Lipinski definition) is 6. The number of benzene rings is 1. The van der Waals surface area contributed by atoms with Crippen molar-refractivity contribution in [2.45, 2.75) is 18.9 Å². The lowest BCUT2D eigenvalue weighted by atomic mass is 9.88. The molecule has 1 aromatic carbocycles. The highest BCUT2D eigenvalue weighted by atomic mass is 16.7. The van der Waals surface area contributed by atoms with Crippen molar-refractivity contribution in [3.8, 4) is 11.5 Å². The molecule has 9 nitrogen and oxygen atoms in total. The molecule has 1 atom stereocenters. The number of carbonyl (C=O) groups is 3. The van der Waals surface area contributed by atoms with E-state index in [1.807, 2.05) is 0 Å². The monoisotopic (exact) mass is 417 g/mol. The number of piperidine rings is 1. The largest absolute Gasteiger partial charge is 0.454 e. The van der Waals surface area contributed by atoms with Crippen LogP contribution in [-0.2, 0) is 14.3 Å². The first-order chi connectivity index (χ1) is 14.5. The highest BCUT2D eigenvalue weighted by Gasteiger charge is 2.34. The zero-order valence-electron chi connectivity index (χ0n) is 17.0. The number of likely N-dealkylation sites (tertiary alicyclic amines) is 1. The van der Waals surface area contributed by atoms with Crippen LogP contribution in [-0.4, -0.2) is 68.8 Å². The lowest BCUT2D eigenvalue weighted by molar-refractivity contribution is -0.136. The normalized spacial score (nSPS) is 16.6. The van der Waals surface area contributed by atoms with Crippen LogP contribution in [0.4, 0.5) is 0 Å². The van der Waals surface area contributed by atoms with Crippen LogP contribution in [0.25, 0.3) is 0 Å². The summed E-state index contributed by atoms with van der Waals surface area (Å²) in [5.74, 6) is 0.267. The van der Waals surface area contributed by atoms with Gasteiger partial charge in [0, 0.05) is 32.3 Å². The minimum Gasteiger partial charge on any atom is -0.454 e. The molecule has 1 aromatic rings. The van der Waals surface area contributed by atoms with E-state index in [-0.39, 0.29) is 37.0 Å². The molecular formula is C21H27N3O6. The van der Waals surface area contributed by atoms with Crippen molar-refractivity contribution >= 4 is 17.7 Å². The number of carbonyl (C=O) groups excluding carboxylic acids is 3. The van der Waals surface area contributed by atoms with Crippen LogP contribution < -0.4 is 20.1 Å². The van der Waals surface area contributed by atoms with Crippen LogP contribution in [0, 0.1) is 5.92 Å². The SMILES string of the molecule is C=CCNC(=O)[C@@H](NC(=O)c1ccc2c(c1)OCO2)C1CCN(C(=O)COC)CC1. The second-order valence-corrected chi connectivity index (χ2v) is 7.20. The van der Waals surface area contributed by atoms with Crippen LogP contribution in [0.5, 0.6) is 11.5 Å². The number of nitrogens with zero attached hydrogens (tertiary/aromatic N) is 1. The summed E-state index contributed by atoms with van der Waals surface area (Å²) in [4.78, 5) is 39.3. The van der Waals surface area contributed by atoms with E-state index in [2.05, 4.69) is 17.2 Å². The molecule has 0 radical (unpaired) electrons. The van der Waals surface area contributed by atoms with Gasteiger partial charge < -0.3 is 29.7 Å². The standard InChI is InChI=1S/C21H27N3O6/c1-3-8-22-21(27)19(14-6-9-24(10-7-14)18(25)12-28-2)23-20(26)15-4-5-16-17(11-15)30-13-29-16/h3-5,11,14,19H,1,6-10,12-13H2,2H3,(H,22,27)(H,23,26)/t19-/m0/s1. The van der Waals surface area contributed by atoms with E-state index in [0.29, 0.717) is 49.5 Å². The Kier molecular flexibility index (Phi) is 7.29. The molecule has 2 aliphatic rings. The summed E-state index contributed by atoms with van der Waals surface area (Å²) in [6.45, 7) is 5.09. The quantitative estimate of drug-likeness (QED) is 0.603. The lowest BCUT2D eigenvalue weighted by Crippen LogP contribution is -2.54. The summed E-state index contributed by atoms with van der Waals surface area (Å²) >= 11 is 0. The van der Waals surface area contributed by atoms with Crippen molar-refractivity contribution < 1.29 is 28.6 Å². The number of ether oxygens (including phenoxy) is 3. The van der Waals surface area contributed by atoms with Crippen LogP contribution in [0.1, 0.15) is 23.2 Å². The summed E-state index contributed by atoms with van der Waals surface area (Å²) < 4.78 is 15.5. The fourth-order valence-corrected chi connectivity index (χ4v) is 3.64. The Labute approximate surface area is 175 Å². The van der Waals surface area contributed by atoms with E-state index in [4.69, 9.17) is 14.2 Å². The second-order valence-electron chi connectivity index (χ2n) is 7.20. The topological polar surface area (TPSA) is 106 Å². The van der Waals surface area contributed by atoms with Gasteiger partial charge in [0.05, 0.1) is 0 Å². The van der Waals surface area contributed by atoms with Gasteiger partial charge in [0.1, 0.15) is 12.6 Å². The Bertz CT molecular complexity index is 804. The summed E-state index contributed by atoms with van der Waals surface area (Å²) in [5.41, 5.74) is 0.383. The highest BCUT2D eigenvalue weighted by Crippen LogP contribution is 2.32. The average Bonchev–Trinajstić information content (AvgIpc) is 3.24. The second kappa shape index (κ2) is 10.1. The summed E-state index contributed by atoms with van der Waals surface area (Å²) in [6.07, 6.45) is 2.78. The van der Waals surface area contributed by atoms with E-state index in [0.717, 1.165) is 0 Å². The van der Waals surface area contributed by atoms with Crippen molar-refractivity contribution in [1.29, 1.82) is 0 Å². The van der Waals surface area contributed by atoms with Gasteiger partial charge in [-0.2, -0.15) is 0 Å². The van der Waals surface area contributed by atoms with Gasteiger partial charge in [-0.3, -0.25) is 14.4 Å². The molecule has 3 amide bonds. The third-order valence-corrected chi connectivity index (χ3v) is 5.26. The summed E-state index contributed by atoms with van der Waals surface area (Å²) in [7, 11) is 1.48. The smallest absolute Gasteiger partial charge is 0.252 e. The number of hydrogen-bond donors (Lipinski definition) is 2. The fourth-order valence-electron chi connectivity index (χ4n) is 3.64. The molecule has 0 bridgehead atoms. The molecule has 2 aliphatic heterocycles. The molecule has 1 fully saturated rings. The molecule has 30 heavy (non-hydrogen) atoms. The Morgan fingerprint density at radius 1 is 1.27 bits per heavy atom.